The molecule has 1 fully saturated rings. The largest absolute Gasteiger partial charge is 0.348 e. The summed E-state index contributed by atoms with van der Waals surface area (Å²) in [6.07, 6.45) is 11.5. The van der Waals surface area contributed by atoms with Crippen LogP contribution in [0.4, 0.5) is 0 Å². The van der Waals surface area contributed by atoms with Crippen LogP contribution in [0.25, 0.3) is 11.1 Å². The molecule has 21 heavy (non-hydrogen) atoms. The minimum atomic E-state index is 0.0321. The highest BCUT2D eigenvalue weighted by Crippen LogP contribution is 2.22. The number of aromatic nitrogens is 2. The Balaban J connectivity index is 1.76. The van der Waals surface area contributed by atoms with Crippen molar-refractivity contribution in [3.8, 4) is 11.1 Å². The zero-order valence-corrected chi connectivity index (χ0v) is 12.4. The SMILES string of the molecule is Cn1cc(-c2ccncc2)cc1C(=O)NC1CCCCC1. The van der Waals surface area contributed by atoms with Gasteiger partial charge in [0.25, 0.3) is 5.91 Å². The second-order valence-corrected chi connectivity index (χ2v) is 5.77. The Morgan fingerprint density at radius 3 is 2.62 bits per heavy atom. The Labute approximate surface area is 125 Å². The van der Waals surface area contributed by atoms with Crippen molar-refractivity contribution in [2.24, 2.45) is 7.05 Å². The van der Waals surface area contributed by atoms with E-state index in [-0.39, 0.29) is 5.91 Å². The molecule has 2 heterocycles. The topological polar surface area (TPSA) is 46.9 Å². The van der Waals surface area contributed by atoms with Crippen molar-refractivity contribution in [1.82, 2.24) is 14.9 Å². The molecule has 1 N–H and O–H groups in total. The number of aryl methyl sites for hydroxylation is 1. The monoisotopic (exact) mass is 283 g/mol. The standard InChI is InChI=1S/C17H21N3O/c1-20-12-14(13-7-9-18-10-8-13)11-16(20)17(21)19-15-5-3-2-4-6-15/h7-12,15H,2-6H2,1H3,(H,19,21). The summed E-state index contributed by atoms with van der Waals surface area (Å²) < 4.78 is 1.90. The predicted molar refractivity (Wildman–Crippen MR) is 83.0 cm³/mol. The highest BCUT2D eigenvalue weighted by molar-refractivity contribution is 5.94. The Morgan fingerprint density at radius 2 is 1.90 bits per heavy atom. The first-order valence-electron chi connectivity index (χ1n) is 7.61. The van der Waals surface area contributed by atoms with Crippen LogP contribution in [0.1, 0.15) is 42.6 Å². The molecule has 1 saturated carbocycles. The summed E-state index contributed by atoms with van der Waals surface area (Å²) in [6, 6.07) is 6.20. The number of nitrogens with one attached hydrogen (secondary N) is 1. The third-order valence-corrected chi connectivity index (χ3v) is 4.19. The van der Waals surface area contributed by atoms with Crippen LogP contribution in [0.15, 0.2) is 36.8 Å². The first-order chi connectivity index (χ1) is 10.2. The van der Waals surface area contributed by atoms with Gasteiger partial charge < -0.3 is 9.88 Å². The highest BCUT2D eigenvalue weighted by atomic mass is 16.2. The summed E-state index contributed by atoms with van der Waals surface area (Å²) in [6.45, 7) is 0. The van der Waals surface area contributed by atoms with Gasteiger partial charge in [0, 0.05) is 37.2 Å². The fraction of sp³-hybridized carbons (Fsp3) is 0.412. The molecule has 0 bridgehead atoms. The molecule has 0 unspecified atom stereocenters. The maximum Gasteiger partial charge on any atom is 0.268 e. The van der Waals surface area contributed by atoms with E-state index in [0.717, 1.165) is 24.0 Å². The molecule has 4 nitrogen and oxygen atoms in total. The number of carbonyl (C=O) groups excluding carboxylic acids is 1. The van der Waals surface area contributed by atoms with E-state index in [9.17, 15) is 4.79 Å². The molecule has 2 aromatic heterocycles. The van der Waals surface area contributed by atoms with Gasteiger partial charge in [-0.3, -0.25) is 9.78 Å². The summed E-state index contributed by atoms with van der Waals surface area (Å²) in [5.74, 6) is 0.0321. The van der Waals surface area contributed by atoms with Crippen LogP contribution in [0.5, 0.6) is 0 Å². The lowest BCUT2D eigenvalue weighted by molar-refractivity contribution is 0.0919. The van der Waals surface area contributed by atoms with Gasteiger partial charge in [-0.15, -0.1) is 0 Å². The average Bonchev–Trinajstić information content (AvgIpc) is 2.91. The maximum absolute atomic E-state index is 12.4. The van der Waals surface area contributed by atoms with E-state index in [2.05, 4.69) is 10.3 Å². The van der Waals surface area contributed by atoms with Gasteiger partial charge in [-0.05, 0) is 36.6 Å². The highest BCUT2D eigenvalue weighted by Gasteiger charge is 2.19. The van der Waals surface area contributed by atoms with Crippen molar-refractivity contribution in [2.45, 2.75) is 38.1 Å². The van der Waals surface area contributed by atoms with Crippen molar-refractivity contribution in [2.75, 3.05) is 0 Å². The number of pyridine rings is 1. The Kier molecular flexibility index (Phi) is 4.04. The van der Waals surface area contributed by atoms with E-state index >= 15 is 0 Å². The summed E-state index contributed by atoms with van der Waals surface area (Å²) in [7, 11) is 1.92. The van der Waals surface area contributed by atoms with Gasteiger partial charge in [0.05, 0.1) is 0 Å². The molecule has 0 atom stereocenters. The third kappa shape index (κ3) is 3.15. The van der Waals surface area contributed by atoms with Gasteiger partial charge >= 0.3 is 0 Å². The molecule has 1 aliphatic rings. The van der Waals surface area contributed by atoms with Crippen molar-refractivity contribution in [3.05, 3.63) is 42.5 Å². The number of hydrogen-bond acceptors (Lipinski definition) is 2. The van der Waals surface area contributed by atoms with Gasteiger partial charge in [0.15, 0.2) is 0 Å². The second-order valence-electron chi connectivity index (χ2n) is 5.77. The van der Waals surface area contributed by atoms with E-state index in [1.165, 1.54) is 19.3 Å². The number of rotatable bonds is 3. The van der Waals surface area contributed by atoms with Gasteiger partial charge in [0.1, 0.15) is 5.69 Å². The molecule has 1 amide bonds. The average molecular weight is 283 g/mol. The van der Waals surface area contributed by atoms with E-state index in [0.29, 0.717) is 11.7 Å². The molecule has 4 heteroatoms. The summed E-state index contributed by atoms with van der Waals surface area (Å²) in [5, 5.41) is 3.17. The first kappa shape index (κ1) is 13.9. The third-order valence-electron chi connectivity index (χ3n) is 4.19. The van der Waals surface area contributed by atoms with Crippen molar-refractivity contribution < 1.29 is 4.79 Å². The molecule has 0 aliphatic heterocycles. The molecule has 0 spiro atoms. The molecule has 2 aromatic rings. The zero-order valence-electron chi connectivity index (χ0n) is 12.4. The van der Waals surface area contributed by atoms with E-state index < -0.39 is 0 Å². The molecule has 110 valence electrons. The minimum Gasteiger partial charge on any atom is -0.348 e. The van der Waals surface area contributed by atoms with Gasteiger partial charge in [0.2, 0.25) is 0 Å². The summed E-state index contributed by atoms with van der Waals surface area (Å²) in [5.41, 5.74) is 2.85. The number of hydrogen-bond donors (Lipinski definition) is 1. The lowest BCUT2D eigenvalue weighted by Crippen LogP contribution is -2.36. The molecular formula is C17H21N3O. The Bertz CT molecular complexity index is 612. The van der Waals surface area contributed by atoms with Crippen LogP contribution in [0.3, 0.4) is 0 Å². The lowest BCUT2D eigenvalue weighted by Gasteiger charge is -2.22. The van der Waals surface area contributed by atoms with E-state index in [1.807, 2.05) is 36.0 Å². The zero-order chi connectivity index (χ0) is 14.7. The first-order valence-corrected chi connectivity index (χ1v) is 7.61. The normalized spacial score (nSPS) is 15.9. The second kappa shape index (κ2) is 6.12. The molecule has 0 aromatic carbocycles. The van der Waals surface area contributed by atoms with Crippen LogP contribution >= 0.6 is 0 Å². The van der Waals surface area contributed by atoms with Crippen LogP contribution < -0.4 is 5.32 Å². The van der Waals surface area contributed by atoms with E-state index in [1.54, 1.807) is 12.4 Å². The number of nitrogens with zero attached hydrogens (tertiary/aromatic N) is 2. The van der Waals surface area contributed by atoms with Gasteiger partial charge in [-0.1, -0.05) is 19.3 Å². The van der Waals surface area contributed by atoms with Crippen LogP contribution in [-0.4, -0.2) is 21.5 Å². The smallest absolute Gasteiger partial charge is 0.268 e. The lowest BCUT2D eigenvalue weighted by atomic mass is 9.95. The maximum atomic E-state index is 12.4. The molecule has 3 rings (SSSR count). The van der Waals surface area contributed by atoms with Crippen molar-refractivity contribution in [1.29, 1.82) is 0 Å². The Hall–Kier alpha value is -2.10. The summed E-state index contributed by atoms with van der Waals surface area (Å²) >= 11 is 0. The van der Waals surface area contributed by atoms with Crippen LogP contribution in [-0.2, 0) is 7.05 Å². The Morgan fingerprint density at radius 1 is 1.19 bits per heavy atom. The number of amides is 1. The molecule has 0 radical (unpaired) electrons. The minimum absolute atomic E-state index is 0.0321. The van der Waals surface area contributed by atoms with Crippen molar-refractivity contribution >= 4 is 5.91 Å². The van der Waals surface area contributed by atoms with Crippen LogP contribution in [0.2, 0.25) is 0 Å². The van der Waals surface area contributed by atoms with Crippen molar-refractivity contribution in [3.63, 3.8) is 0 Å². The number of carbonyl (C=O) groups is 1. The van der Waals surface area contributed by atoms with E-state index in [4.69, 9.17) is 0 Å². The predicted octanol–water partition coefficient (Wildman–Crippen LogP) is 3.15. The van der Waals surface area contributed by atoms with Crippen LogP contribution in [0, 0.1) is 0 Å². The molecule has 1 aliphatic carbocycles. The van der Waals surface area contributed by atoms with Gasteiger partial charge in [-0.2, -0.15) is 0 Å². The molecular weight excluding hydrogens is 262 g/mol. The quantitative estimate of drug-likeness (QED) is 0.940. The fourth-order valence-electron chi connectivity index (χ4n) is 3.00. The fourth-order valence-corrected chi connectivity index (χ4v) is 3.00. The summed E-state index contributed by atoms with van der Waals surface area (Å²) in [4.78, 5) is 16.5. The van der Waals surface area contributed by atoms with Gasteiger partial charge in [-0.25, -0.2) is 0 Å². The molecule has 0 saturated heterocycles.